The molecule has 0 atom stereocenters. The maximum Gasteiger partial charge on any atom is 0.267 e. The molecule has 0 amide bonds. The lowest BCUT2D eigenvalue weighted by atomic mass is 10.2. The van der Waals surface area contributed by atoms with Crippen LogP contribution in [-0.4, -0.2) is 21.6 Å². The van der Waals surface area contributed by atoms with Crippen molar-refractivity contribution in [2.75, 3.05) is 7.11 Å². The highest BCUT2D eigenvalue weighted by Crippen LogP contribution is 2.26. The van der Waals surface area contributed by atoms with E-state index in [1.165, 1.54) is 11.3 Å². The Morgan fingerprint density at radius 3 is 2.56 bits per heavy atom. The summed E-state index contributed by atoms with van der Waals surface area (Å²) in [5.41, 5.74) is 2.40. The van der Waals surface area contributed by atoms with E-state index in [0.29, 0.717) is 21.9 Å². The summed E-state index contributed by atoms with van der Waals surface area (Å²) in [5, 5.41) is 3.15. The van der Waals surface area contributed by atoms with E-state index in [4.69, 9.17) is 4.74 Å². The van der Waals surface area contributed by atoms with Gasteiger partial charge in [-0.05, 0) is 43.3 Å². The zero-order valence-electron chi connectivity index (χ0n) is 13.8. The number of para-hydroxylation sites is 1. The molecule has 6 heteroatoms. The average molecular weight is 349 g/mol. The van der Waals surface area contributed by atoms with Gasteiger partial charge in [0.25, 0.3) is 5.56 Å². The molecule has 2 heterocycles. The molecule has 0 unspecified atom stereocenters. The first-order valence-electron chi connectivity index (χ1n) is 7.76. The molecule has 0 saturated heterocycles. The molecule has 0 spiro atoms. The minimum atomic E-state index is -0.0984. The van der Waals surface area contributed by atoms with Gasteiger partial charge in [-0.1, -0.05) is 12.1 Å². The highest BCUT2D eigenvalue weighted by atomic mass is 32.1. The second kappa shape index (κ2) is 6.14. The van der Waals surface area contributed by atoms with E-state index in [0.717, 1.165) is 17.0 Å². The number of benzene rings is 2. The monoisotopic (exact) mass is 349 g/mol. The van der Waals surface area contributed by atoms with Crippen LogP contribution in [0.5, 0.6) is 5.75 Å². The van der Waals surface area contributed by atoms with Crippen molar-refractivity contribution in [3.8, 4) is 22.1 Å². The van der Waals surface area contributed by atoms with Gasteiger partial charge in [-0.15, -0.1) is 11.3 Å². The van der Waals surface area contributed by atoms with Gasteiger partial charge in [-0.3, -0.25) is 4.79 Å². The molecular formula is C19H15N3O2S. The molecule has 4 aromatic rings. The molecule has 0 radical (unpaired) electrons. The first-order valence-corrected chi connectivity index (χ1v) is 8.64. The molecule has 25 heavy (non-hydrogen) atoms. The number of aryl methyl sites for hydroxylation is 1. The van der Waals surface area contributed by atoms with Crippen LogP contribution in [0.4, 0.5) is 0 Å². The fourth-order valence-electron chi connectivity index (χ4n) is 2.73. The Bertz CT molecular complexity index is 1110. The molecular weight excluding hydrogens is 334 g/mol. The van der Waals surface area contributed by atoms with Gasteiger partial charge in [0.2, 0.25) is 0 Å². The van der Waals surface area contributed by atoms with Crippen molar-refractivity contribution in [2.24, 2.45) is 0 Å². The molecule has 2 aromatic heterocycles. The Labute approximate surface area is 148 Å². The van der Waals surface area contributed by atoms with Gasteiger partial charge in [0.1, 0.15) is 11.6 Å². The van der Waals surface area contributed by atoms with Crippen molar-refractivity contribution in [1.82, 2.24) is 14.5 Å². The number of aromatic nitrogens is 3. The third-order valence-corrected chi connectivity index (χ3v) is 4.84. The predicted molar refractivity (Wildman–Crippen MR) is 99.7 cm³/mol. The van der Waals surface area contributed by atoms with E-state index < -0.39 is 0 Å². The third-order valence-electron chi connectivity index (χ3n) is 4.01. The first kappa shape index (κ1) is 15.5. The highest BCUT2D eigenvalue weighted by molar-refractivity contribution is 7.12. The largest absolute Gasteiger partial charge is 0.497 e. The molecule has 0 N–H and O–H groups in total. The van der Waals surface area contributed by atoms with Crippen LogP contribution in [0.25, 0.3) is 27.3 Å². The molecule has 0 aliphatic carbocycles. The van der Waals surface area contributed by atoms with Crippen LogP contribution >= 0.6 is 11.3 Å². The Hall–Kier alpha value is -2.99. The molecule has 0 saturated carbocycles. The maximum atomic E-state index is 12.9. The summed E-state index contributed by atoms with van der Waals surface area (Å²) >= 11 is 1.42. The molecule has 2 aromatic carbocycles. The summed E-state index contributed by atoms with van der Waals surface area (Å²) in [4.78, 5) is 22.0. The highest BCUT2D eigenvalue weighted by Gasteiger charge is 2.13. The van der Waals surface area contributed by atoms with Crippen molar-refractivity contribution in [3.63, 3.8) is 0 Å². The summed E-state index contributed by atoms with van der Waals surface area (Å²) < 4.78 is 6.75. The minimum absolute atomic E-state index is 0.0984. The van der Waals surface area contributed by atoms with E-state index >= 15 is 0 Å². The number of hydrogen-bond acceptors (Lipinski definition) is 5. The number of methoxy groups -OCH3 is 1. The molecule has 5 nitrogen and oxygen atoms in total. The Kier molecular flexibility index (Phi) is 3.82. The van der Waals surface area contributed by atoms with E-state index in [1.807, 2.05) is 54.8 Å². The lowest BCUT2D eigenvalue weighted by Crippen LogP contribution is -2.22. The topological polar surface area (TPSA) is 57.0 Å². The molecule has 0 aliphatic heterocycles. The van der Waals surface area contributed by atoms with E-state index in [-0.39, 0.29) is 5.56 Å². The fraction of sp³-hybridized carbons (Fsp3) is 0.105. The standard InChI is InChI=1S/C19H15N3O2S/c1-12-20-16-6-4-3-5-15(16)18(23)22(12)19-21-17(11-25-19)13-7-9-14(24-2)10-8-13/h3-11H,1-2H3. The van der Waals surface area contributed by atoms with Crippen LogP contribution in [-0.2, 0) is 0 Å². The van der Waals surface area contributed by atoms with Gasteiger partial charge in [-0.2, -0.15) is 0 Å². The number of hydrogen-bond donors (Lipinski definition) is 0. The molecule has 0 bridgehead atoms. The summed E-state index contributed by atoms with van der Waals surface area (Å²) in [5.74, 6) is 1.42. The summed E-state index contributed by atoms with van der Waals surface area (Å²) in [7, 11) is 1.64. The summed E-state index contributed by atoms with van der Waals surface area (Å²) in [6.45, 7) is 1.82. The van der Waals surface area contributed by atoms with Crippen LogP contribution in [0, 0.1) is 6.92 Å². The van der Waals surface area contributed by atoms with Crippen LogP contribution in [0.3, 0.4) is 0 Å². The number of ether oxygens (including phenoxy) is 1. The van der Waals surface area contributed by atoms with Crippen molar-refractivity contribution in [3.05, 3.63) is 70.1 Å². The van der Waals surface area contributed by atoms with Crippen LogP contribution in [0.1, 0.15) is 5.82 Å². The maximum absolute atomic E-state index is 12.9. The quantitative estimate of drug-likeness (QED) is 0.564. The lowest BCUT2D eigenvalue weighted by molar-refractivity contribution is 0.415. The first-order chi connectivity index (χ1) is 12.2. The van der Waals surface area contributed by atoms with Gasteiger partial charge in [-0.25, -0.2) is 14.5 Å². The van der Waals surface area contributed by atoms with Crippen LogP contribution < -0.4 is 10.3 Å². The Morgan fingerprint density at radius 1 is 1.04 bits per heavy atom. The van der Waals surface area contributed by atoms with Gasteiger partial charge < -0.3 is 4.74 Å². The van der Waals surface area contributed by atoms with E-state index in [9.17, 15) is 4.79 Å². The molecule has 0 fully saturated rings. The van der Waals surface area contributed by atoms with Crippen molar-refractivity contribution in [1.29, 1.82) is 0 Å². The zero-order valence-corrected chi connectivity index (χ0v) is 14.6. The second-order valence-corrected chi connectivity index (χ2v) is 6.40. The van der Waals surface area contributed by atoms with Crippen molar-refractivity contribution < 1.29 is 4.74 Å². The van der Waals surface area contributed by atoms with Crippen molar-refractivity contribution >= 4 is 22.2 Å². The SMILES string of the molecule is COc1ccc(-c2csc(-n3c(C)nc4ccccc4c3=O)n2)cc1. The Morgan fingerprint density at radius 2 is 1.80 bits per heavy atom. The smallest absolute Gasteiger partial charge is 0.267 e. The van der Waals surface area contributed by atoms with Gasteiger partial charge in [0, 0.05) is 10.9 Å². The number of rotatable bonds is 3. The van der Waals surface area contributed by atoms with Gasteiger partial charge >= 0.3 is 0 Å². The number of thiazole rings is 1. The number of fused-ring (bicyclic) bond motifs is 1. The normalized spacial score (nSPS) is 11.0. The van der Waals surface area contributed by atoms with Crippen LogP contribution in [0.2, 0.25) is 0 Å². The molecule has 0 aliphatic rings. The number of nitrogens with zero attached hydrogens (tertiary/aromatic N) is 3. The zero-order chi connectivity index (χ0) is 17.4. The second-order valence-electron chi connectivity index (χ2n) is 5.56. The van der Waals surface area contributed by atoms with Crippen LogP contribution in [0.15, 0.2) is 58.7 Å². The lowest BCUT2D eigenvalue weighted by Gasteiger charge is -2.07. The predicted octanol–water partition coefficient (Wildman–Crippen LogP) is 3.83. The molecule has 4 rings (SSSR count). The Balaban J connectivity index is 1.82. The van der Waals surface area contributed by atoms with Gasteiger partial charge in [0.15, 0.2) is 5.13 Å². The van der Waals surface area contributed by atoms with Gasteiger partial charge in [0.05, 0.1) is 23.7 Å². The van der Waals surface area contributed by atoms with Crippen molar-refractivity contribution in [2.45, 2.75) is 6.92 Å². The average Bonchev–Trinajstić information content (AvgIpc) is 3.11. The fourth-order valence-corrected chi connectivity index (χ4v) is 3.61. The molecule has 124 valence electrons. The van der Waals surface area contributed by atoms with E-state index in [1.54, 1.807) is 17.7 Å². The summed E-state index contributed by atoms with van der Waals surface area (Å²) in [6, 6.07) is 15.0. The minimum Gasteiger partial charge on any atom is -0.497 e. The summed E-state index contributed by atoms with van der Waals surface area (Å²) in [6.07, 6.45) is 0. The third kappa shape index (κ3) is 2.70. The van der Waals surface area contributed by atoms with E-state index in [2.05, 4.69) is 9.97 Å².